The van der Waals surface area contributed by atoms with E-state index in [-0.39, 0.29) is 17.6 Å². The highest BCUT2D eigenvalue weighted by Gasteiger charge is 2.51. The topological polar surface area (TPSA) is 38.3 Å². The van der Waals surface area contributed by atoms with Gasteiger partial charge in [0.25, 0.3) is 0 Å². The minimum atomic E-state index is -0.0916. The Morgan fingerprint density at radius 3 is 2.70 bits per heavy atom. The van der Waals surface area contributed by atoms with Crippen LogP contribution >= 0.6 is 0 Å². The van der Waals surface area contributed by atoms with Crippen LogP contribution in [-0.4, -0.2) is 24.7 Å². The number of nitrogens with one attached hydrogen (secondary N) is 1. The summed E-state index contributed by atoms with van der Waals surface area (Å²) < 4.78 is 5.15. The molecule has 0 aromatic rings. The number of amides is 1. The maximum atomic E-state index is 10.5. The Balaban J connectivity index is 2.31. The zero-order chi connectivity index (χ0) is 7.78. The van der Waals surface area contributed by atoms with Crippen LogP contribution in [0.4, 0.5) is 0 Å². The Kier molecular flexibility index (Phi) is 1.68. The Morgan fingerprint density at radius 1 is 1.80 bits per heavy atom. The number of rotatable bonds is 2. The van der Waals surface area contributed by atoms with Gasteiger partial charge in [-0.2, -0.15) is 0 Å². The van der Waals surface area contributed by atoms with E-state index in [1.54, 1.807) is 7.11 Å². The molecule has 10 heavy (non-hydrogen) atoms. The highest BCUT2D eigenvalue weighted by Crippen LogP contribution is 2.38. The zero-order valence-electron chi connectivity index (χ0n) is 6.60. The lowest BCUT2D eigenvalue weighted by Crippen LogP contribution is -2.29. The van der Waals surface area contributed by atoms with Gasteiger partial charge >= 0.3 is 0 Å². The van der Waals surface area contributed by atoms with Crippen LogP contribution in [-0.2, 0) is 9.53 Å². The summed E-state index contributed by atoms with van der Waals surface area (Å²) in [5.74, 6) is 0.0192. The lowest BCUT2D eigenvalue weighted by molar-refractivity contribution is -0.119. The summed E-state index contributed by atoms with van der Waals surface area (Å²) in [6, 6.07) is 0.231. The Bertz CT molecular complexity index is 158. The molecule has 3 heteroatoms. The van der Waals surface area contributed by atoms with Crippen molar-refractivity contribution < 1.29 is 9.53 Å². The van der Waals surface area contributed by atoms with Crippen LogP contribution < -0.4 is 5.32 Å². The number of hydrogen-bond donors (Lipinski definition) is 1. The molecule has 0 bridgehead atoms. The van der Waals surface area contributed by atoms with Gasteiger partial charge in [0.1, 0.15) is 0 Å². The van der Waals surface area contributed by atoms with Crippen molar-refractivity contribution in [3.63, 3.8) is 0 Å². The molecule has 0 saturated heterocycles. The van der Waals surface area contributed by atoms with Crippen molar-refractivity contribution in [3.05, 3.63) is 0 Å². The van der Waals surface area contributed by atoms with Gasteiger partial charge in [0.05, 0.1) is 11.6 Å². The van der Waals surface area contributed by atoms with Gasteiger partial charge in [-0.05, 0) is 6.92 Å². The molecule has 0 spiro atoms. The van der Waals surface area contributed by atoms with E-state index in [1.165, 1.54) is 6.92 Å². The van der Waals surface area contributed by atoms with Crippen LogP contribution in [0.1, 0.15) is 20.3 Å². The first-order chi connectivity index (χ1) is 4.58. The first-order valence-corrected chi connectivity index (χ1v) is 3.41. The van der Waals surface area contributed by atoms with Crippen molar-refractivity contribution in [3.8, 4) is 0 Å². The van der Waals surface area contributed by atoms with Gasteiger partial charge in [-0.15, -0.1) is 0 Å². The molecule has 2 unspecified atom stereocenters. The molecule has 2 atom stereocenters. The van der Waals surface area contributed by atoms with E-state index in [4.69, 9.17) is 4.74 Å². The van der Waals surface area contributed by atoms with Gasteiger partial charge in [-0.1, -0.05) is 0 Å². The lowest BCUT2D eigenvalue weighted by atomic mass is 10.4. The second-order valence-electron chi connectivity index (χ2n) is 2.97. The second kappa shape index (κ2) is 2.23. The van der Waals surface area contributed by atoms with Crippen LogP contribution in [0.2, 0.25) is 0 Å². The van der Waals surface area contributed by atoms with Crippen molar-refractivity contribution in [2.45, 2.75) is 31.9 Å². The number of ether oxygens (including phenoxy) is 1. The maximum Gasteiger partial charge on any atom is 0.217 e. The van der Waals surface area contributed by atoms with E-state index >= 15 is 0 Å². The molecule has 1 amide bonds. The van der Waals surface area contributed by atoms with Crippen LogP contribution in [0.15, 0.2) is 0 Å². The molecular formula is C7H13NO2. The van der Waals surface area contributed by atoms with E-state index in [1.807, 2.05) is 6.92 Å². The summed E-state index contributed by atoms with van der Waals surface area (Å²) in [7, 11) is 1.67. The first-order valence-electron chi connectivity index (χ1n) is 3.41. The van der Waals surface area contributed by atoms with Crippen LogP contribution in [0, 0.1) is 0 Å². The monoisotopic (exact) mass is 143 g/mol. The van der Waals surface area contributed by atoms with Crippen molar-refractivity contribution in [2.24, 2.45) is 0 Å². The predicted molar refractivity (Wildman–Crippen MR) is 37.6 cm³/mol. The minimum absolute atomic E-state index is 0.0192. The molecule has 3 nitrogen and oxygen atoms in total. The Hall–Kier alpha value is -0.570. The third-order valence-corrected chi connectivity index (χ3v) is 2.03. The highest BCUT2D eigenvalue weighted by molar-refractivity contribution is 5.73. The summed E-state index contributed by atoms with van der Waals surface area (Å²) in [6.07, 6.45) is 0.934. The van der Waals surface area contributed by atoms with Crippen LogP contribution in [0.5, 0.6) is 0 Å². The van der Waals surface area contributed by atoms with Crippen molar-refractivity contribution in [1.82, 2.24) is 5.32 Å². The normalized spacial score (nSPS) is 37.3. The number of carbonyl (C=O) groups is 1. The van der Waals surface area contributed by atoms with E-state index in [9.17, 15) is 4.79 Å². The molecule has 1 aliphatic rings. The maximum absolute atomic E-state index is 10.5. The molecule has 1 fully saturated rings. The van der Waals surface area contributed by atoms with E-state index in [0.29, 0.717) is 0 Å². The first kappa shape index (κ1) is 7.54. The van der Waals surface area contributed by atoms with Crippen LogP contribution in [0.25, 0.3) is 0 Å². The summed E-state index contributed by atoms with van der Waals surface area (Å²) in [4.78, 5) is 10.5. The standard InChI is InChI=1S/C7H13NO2/c1-5(9)8-6-4-7(6,2)10-3/h6H,4H2,1-3H3,(H,8,9). The summed E-state index contributed by atoms with van der Waals surface area (Å²) >= 11 is 0. The molecule has 0 aromatic carbocycles. The van der Waals surface area contributed by atoms with E-state index in [0.717, 1.165) is 6.42 Å². The fourth-order valence-corrected chi connectivity index (χ4v) is 1.02. The minimum Gasteiger partial charge on any atom is -0.376 e. The van der Waals surface area contributed by atoms with Crippen LogP contribution in [0.3, 0.4) is 0 Å². The summed E-state index contributed by atoms with van der Waals surface area (Å²) in [6.45, 7) is 3.52. The molecule has 0 aliphatic heterocycles. The van der Waals surface area contributed by atoms with Gasteiger partial charge < -0.3 is 10.1 Å². The molecular weight excluding hydrogens is 130 g/mol. The molecule has 1 N–H and O–H groups in total. The lowest BCUT2D eigenvalue weighted by Gasteiger charge is -2.07. The fraction of sp³-hybridized carbons (Fsp3) is 0.857. The fourth-order valence-electron chi connectivity index (χ4n) is 1.02. The number of hydrogen-bond acceptors (Lipinski definition) is 2. The molecule has 1 rings (SSSR count). The number of carbonyl (C=O) groups excluding carboxylic acids is 1. The molecule has 0 radical (unpaired) electrons. The smallest absolute Gasteiger partial charge is 0.217 e. The molecule has 1 saturated carbocycles. The van der Waals surface area contributed by atoms with Crippen molar-refractivity contribution in [1.29, 1.82) is 0 Å². The quantitative estimate of drug-likeness (QED) is 0.603. The molecule has 0 heterocycles. The molecule has 0 aromatic heterocycles. The number of methoxy groups -OCH3 is 1. The largest absolute Gasteiger partial charge is 0.376 e. The van der Waals surface area contributed by atoms with Gasteiger partial charge in [-0.3, -0.25) is 4.79 Å². The zero-order valence-corrected chi connectivity index (χ0v) is 6.60. The molecule has 58 valence electrons. The average Bonchev–Trinajstić information content (AvgIpc) is 2.43. The van der Waals surface area contributed by atoms with E-state index < -0.39 is 0 Å². The van der Waals surface area contributed by atoms with E-state index in [2.05, 4.69) is 5.32 Å². The van der Waals surface area contributed by atoms with Gasteiger partial charge in [0.15, 0.2) is 0 Å². The van der Waals surface area contributed by atoms with Gasteiger partial charge in [-0.25, -0.2) is 0 Å². The Labute approximate surface area is 60.7 Å². The van der Waals surface area contributed by atoms with Crippen molar-refractivity contribution in [2.75, 3.05) is 7.11 Å². The third kappa shape index (κ3) is 1.29. The van der Waals surface area contributed by atoms with Gasteiger partial charge in [0.2, 0.25) is 5.91 Å². The second-order valence-corrected chi connectivity index (χ2v) is 2.97. The van der Waals surface area contributed by atoms with Crippen molar-refractivity contribution >= 4 is 5.91 Å². The predicted octanol–water partition coefficient (Wildman–Crippen LogP) is 0.300. The highest BCUT2D eigenvalue weighted by atomic mass is 16.5. The Morgan fingerprint density at radius 2 is 2.40 bits per heavy atom. The summed E-state index contributed by atoms with van der Waals surface area (Å²) in [5, 5.41) is 2.79. The average molecular weight is 143 g/mol. The molecule has 1 aliphatic carbocycles. The third-order valence-electron chi connectivity index (χ3n) is 2.03. The summed E-state index contributed by atoms with van der Waals surface area (Å²) in [5.41, 5.74) is -0.0916. The van der Waals surface area contributed by atoms with Gasteiger partial charge in [0, 0.05) is 20.5 Å². The SMILES string of the molecule is COC1(C)CC1NC(C)=O.